The lowest BCUT2D eigenvalue weighted by Gasteiger charge is -1.97. The molecule has 0 atom stereocenters. The van der Waals surface area contributed by atoms with Crippen molar-refractivity contribution in [3.8, 4) is 5.88 Å². The molecule has 0 aliphatic rings. The lowest BCUT2D eigenvalue weighted by molar-refractivity contribution is -0.137. The normalized spacial score (nSPS) is 10.8. The van der Waals surface area contributed by atoms with Gasteiger partial charge in [-0.25, -0.2) is 0 Å². The van der Waals surface area contributed by atoms with Crippen LogP contribution in [0.5, 0.6) is 5.88 Å². The molecule has 17 heavy (non-hydrogen) atoms. The zero-order chi connectivity index (χ0) is 12.8. The standard InChI is InChI=1S/C9H11N3O4S/c13-6(14)2-1-3-10-4-5-7(15)11-9(17)12-8(5)16/h4H,1-3H2,(H,13,14)(H3,11,12,15,16,17). The maximum Gasteiger partial charge on any atom is 0.303 e. The number of rotatable bonds is 5. The second-order valence-electron chi connectivity index (χ2n) is 3.20. The number of aromatic nitrogens is 2. The summed E-state index contributed by atoms with van der Waals surface area (Å²) in [4.78, 5) is 30.1. The molecule has 8 heteroatoms. The third-order valence-corrected chi connectivity index (χ3v) is 2.06. The number of aromatic hydroxyl groups is 1. The first-order chi connectivity index (χ1) is 8.00. The summed E-state index contributed by atoms with van der Waals surface area (Å²) in [6.07, 6.45) is 1.56. The third kappa shape index (κ3) is 4.19. The van der Waals surface area contributed by atoms with E-state index >= 15 is 0 Å². The van der Waals surface area contributed by atoms with Crippen LogP contribution in [0, 0.1) is 4.77 Å². The molecule has 0 aliphatic heterocycles. The van der Waals surface area contributed by atoms with E-state index in [4.69, 9.17) is 5.11 Å². The zero-order valence-electron chi connectivity index (χ0n) is 8.77. The van der Waals surface area contributed by atoms with E-state index in [0.717, 1.165) is 0 Å². The molecule has 92 valence electrons. The SMILES string of the molecule is O=C(O)CCCN=Cc1c(O)[nH]c(=S)[nH]c1=O. The first-order valence-electron chi connectivity index (χ1n) is 4.78. The van der Waals surface area contributed by atoms with Crippen LogP contribution in [0.15, 0.2) is 9.79 Å². The summed E-state index contributed by atoms with van der Waals surface area (Å²) in [5, 5.41) is 17.8. The number of carboxylic acid groups (broad SMARTS) is 1. The number of carbonyl (C=O) groups is 1. The first kappa shape index (κ1) is 13.1. The van der Waals surface area contributed by atoms with Crippen molar-refractivity contribution in [3.63, 3.8) is 0 Å². The molecule has 1 aromatic rings. The van der Waals surface area contributed by atoms with Crippen molar-refractivity contribution >= 4 is 24.4 Å². The van der Waals surface area contributed by atoms with Crippen molar-refractivity contribution in [2.75, 3.05) is 6.54 Å². The molecule has 0 unspecified atom stereocenters. The molecule has 0 spiro atoms. The van der Waals surface area contributed by atoms with Crippen molar-refractivity contribution in [1.82, 2.24) is 9.97 Å². The maximum atomic E-state index is 11.3. The predicted octanol–water partition coefficient (Wildman–Crippen LogP) is 0.422. The predicted molar refractivity (Wildman–Crippen MR) is 63.2 cm³/mol. The molecular weight excluding hydrogens is 246 g/mol. The van der Waals surface area contributed by atoms with Crippen LogP contribution in [-0.4, -0.2) is 38.9 Å². The third-order valence-electron chi connectivity index (χ3n) is 1.86. The summed E-state index contributed by atoms with van der Waals surface area (Å²) in [6, 6.07) is 0. The van der Waals surface area contributed by atoms with Crippen LogP contribution in [-0.2, 0) is 4.79 Å². The summed E-state index contributed by atoms with van der Waals surface area (Å²) in [6.45, 7) is 0.265. The average molecular weight is 257 g/mol. The molecule has 0 aliphatic carbocycles. The molecule has 0 bridgehead atoms. The minimum absolute atomic E-state index is 0.0108. The molecule has 0 amide bonds. The van der Waals surface area contributed by atoms with E-state index in [0.29, 0.717) is 6.42 Å². The van der Waals surface area contributed by atoms with Gasteiger partial charge in [0, 0.05) is 19.2 Å². The van der Waals surface area contributed by atoms with E-state index in [2.05, 4.69) is 27.2 Å². The van der Waals surface area contributed by atoms with Gasteiger partial charge >= 0.3 is 5.97 Å². The second kappa shape index (κ2) is 5.94. The molecule has 0 aromatic carbocycles. The molecular formula is C9H11N3O4S. The summed E-state index contributed by atoms with van der Waals surface area (Å²) in [7, 11) is 0. The average Bonchev–Trinajstić information content (AvgIpc) is 2.20. The van der Waals surface area contributed by atoms with Gasteiger partial charge in [0.25, 0.3) is 5.56 Å². The Morgan fingerprint density at radius 2 is 2.18 bits per heavy atom. The fourth-order valence-corrected chi connectivity index (χ4v) is 1.27. The zero-order valence-corrected chi connectivity index (χ0v) is 9.58. The highest BCUT2D eigenvalue weighted by molar-refractivity contribution is 7.71. The fraction of sp³-hybridized carbons (Fsp3) is 0.333. The van der Waals surface area contributed by atoms with E-state index in [-0.39, 0.29) is 29.2 Å². The minimum atomic E-state index is -0.898. The van der Waals surface area contributed by atoms with Crippen LogP contribution in [0.2, 0.25) is 0 Å². The van der Waals surface area contributed by atoms with Crippen molar-refractivity contribution in [2.24, 2.45) is 4.99 Å². The maximum absolute atomic E-state index is 11.3. The van der Waals surface area contributed by atoms with Gasteiger partial charge in [0.1, 0.15) is 5.56 Å². The van der Waals surface area contributed by atoms with Gasteiger partial charge in [-0.1, -0.05) is 0 Å². The van der Waals surface area contributed by atoms with Crippen molar-refractivity contribution in [1.29, 1.82) is 0 Å². The van der Waals surface area contributed by atoms with Gasteiger partial charge in [0.15, 0.2) is 4.77 Å². The molecule has 7 nitrogen and oxygen atoms in total. The number of aliphatic carboxylic acids is 1. The Kier molecular flexibility index (Phi) is 4.58. The monoisotopic (exact) mass is 257 g/mol. The molecule has 0 radical (unpaired) electrons. The van der Waals surface area contributed by atoms with Gasteiger partial charge in [-0.15, -0.1) is 0 Å². The number of carboxylic acids is 1. The Bertz CT molecular complexity index is 546. The Labute approximate surface area is 101 Å². The highest BCUT2D eigenvalue weighted by Gasteiger charge is 2.03. The van der Waals surface area contributed by atoms with Crippen LogP contribution >= 0.6 is 12.2 Å². The summed E-state index contributed by atoms with van der Waals surface area (Å²) in [5.41, 5.74) is -0.581. The lowest BCUT2D eigenvalue weighted by Crippen LogP contribution is -2.13. The summed E-state index contributed by atoms with van der Waals surface area (Å²) >= 11 is 4.65. The molecule has 0 fully saturated rings. The van der Waals surface area contributed by atoms with E-state index in [1.54, 1.807) is 0 Å². The van der Waals surface area contributed by atoms with Crippen LogP contribution in [0.3, 0.4) is 0 Å². The second-order valence-corrected chi connectivity index (χ2v) is 3.61. The number of H-pyrrole nitrogens is 2. The van der Waals surface area contributed by atoms with E-state index in [1.165, 1.54) is 6.21 Å². The lowest BCUT2D eigenvalue weighted by atomic mass is 10.3. The Balaban J connectivity index is 2.69. The van der Waals surface area contributed by atoms with E-state index < -0.39 is 11.5 Å². The molecule has 4 N–H and O–H groups in total. The van der Waals surface area contributed by atoms with Gasteiger partial charge in [0.2, 0.25) is 5.88 Å². The van der Waals surface area contributed by atoms with Gasteiger partial charge in [-0.2, -0.15) is 0 Å². The van der Waals surface area contributed by atoms with Crippen LogP contribution in [0.4, 0.5) is 0 Å². The smallest absolute Gasteiger partial charge is 0.303 e. The van der Waals surface area contributed by atoms with Crippen LogP contribution in [0.1, 0.15) is 18.4 Å². The topological polar surface area (TPSA) is 119 Å². The van der Waals surface area contributed by atoms with Crippen LogP contribution in [0.25, 0.3) is 0 Å². The van der Waals surface area contributed by atoms with Gasteiger partial charge < -0.3 is 15.2 Å². The molecule has 1 aromatic heterocycles. The quantitative estimate of drug-likeness (QED) is 0.346. The Hall–Kier alpha value is -1.96. The molecule has 0 saturated carbocycles. The van der Waals surface area contributed by atoms with E-state index in [1.807, 2.05) is 0 Å². The number of hydrogen-bond acceptors (Lipinski definition) is 5. The molecule has 1 rings (SSSR count). The summed E-state index contributed by atoms with van der Waals surface area (Å²) in [5.74, 6) is -1.26. The number of aromatic amines is 2. The highest BCUT2D eigenvalue weighted by atomic mass is 32.1. The van der Waals surface area contributed by atoms with E-state index in [9.17, 15) is 14.7 Å². The first-order valence-corrected chi connectivity index (χ1v) is 5.18. The minimum Gasteiger partial charge on any atom is -0.494 e. The highest BCUT2D eigenvalue weighted by Crippen LogP contribution is 2.03. The summed E-state index contributed by atoms with van der Waals surface area (Å²) < 4.78 is 0.0236. The van der Waals surface area contributed by atoms with Crippen LogP contribution < -0.4 is 5.56 Å². The fourth-order valence-electron chi connectivity index (χ4n) is 1.08. The van der Waals surface area contributed by atoms with Crippen molar-refractivity contribution < 1.29 is 15.0 Å². The van der Waals surface area contributed by atoms with Gasteiger partial charge in [0.05, 0.1) is 0 Å². The largest absolute Gasteiger partial charge is 0.494 e. The number of aliphatic imine (C=N–C) groups is 1. The van der Waals surface area contributed by atoms with Gasteiger partial charge in [-0.05, 0) is 18.6 Å². The number of nitrogens with zero attached hydrogens (tertiary/aromatic N) is 1. The van der Waals surface area contributed by atoms with Gasteiger partial charge in [-0.3, -0.25) is 19.6 Å². The van der Waals surface area contributed by atoms with Crippen molar-refractivity contribution in [3.05, 3.63) is 20.7 Å². The molecule has 1 heterocycles. The van der Waals surface area contributed by atoms with Crippen molar-refractivity contribution in [2.45, 2.75) is 12.8 Å². The molecule has 0 saturated heterocycles. The Morgan fingerprint density at radius 1 is 1.47 bits per heavy atom. The Morgan fingerprint density at radius 3 is 2.76 bits per heavy atom. The number of hydrogen-bond donors (Lipinski definition) is 4. The number of nitrogens with one attached hydrogen (secondary N) is 2.